The number of esters is 1. The fraction of sp³-hybridized carbons (Fsp3) is 0.0351. The Labute approximate surface area is 412 Å². The normalized spacial score (nSPS) is 9.97. The minimum atomic E-state index is -1.13. The third kappa shape index (κ3) is 15.5. The van der Waals surface area contributed by atoms with E-state index in [-0.39, 0.29) is 45.7 Å². The van der Waals surface area contributed by atoms with Crippen molar-refractivity contribution in [3.63, 3.8) is 0 Å². The van der Waals surface area contributed by atoms with Crippen molar-refractivity contribution in [1.82, 2.24) is 0 Å². The lowest BCUT2D eigenvalue weighted by atomic mass is 10.0. The van der Waals surface area contributed by atoms with Crippen LogP contribution in [-0.2, 0) is 4.74 Å². The van der Waals surface area contributed by atoms with Gasteiger partial charge in [-0.05, 0) is 97.1 Å². The molecule has 8 aromatic carbocycles. The van der Waals surface area contributed by atoms with Gasteiger partial charge in [0.1, 0.15) is 46.7 Å². The molecule has 72 heavy (non-hydrogen) atoms. The first-order chi connectivity index (χ1) is 35.0. The number of Topliss-reactive ketones (excluding diaryl/α,β-unsaturated/α-hetero) is 1. The molecule has 0 unspecified atom stereocenters. The molecule has 0 aliphatic carbocycles. The molecular weight excluding hydrogens is 925 g/mol. The molecule has 0 amide bonds. The molecule has 0 radical (unpaired) electrons. The average Bonchev–Trinajstić information content (AvgIpc) is 3.42. The predicted octanol–water partition coefficient (Wildman–Crippen LogP) is 11.2. The predicted molar refractivity (Wildman–Crippen MR) is 261 cm³/mol. The van der Waals surface area contributed by atoms with Gasteiger partial charge in [0.05, 0.1) is 12.7 Å². The number of aliphatic hydroxyl groups is 1. The van der Waals surface area contributed by atoms with E-state index in [4.69, 9.17) is 33.5 Å². The number of hydrogen-bond acceptors (Lipinski definition) is 15. The Bertz CT molecular complexity index is 2880. The molecule has 0 aromatic heterocycles. The van der Waals surface area contributed by atoms with Crippen LogP contribution in [0.2, 0.25) is 0 Å². The zero-order chi connectivity index (χ0) is 51.1. The summed E-state index contributed by atoms with van der Waals surface area (Å²) >= 11 is 0. The molecule has 0 saturated heterocycles. The zero-order valence-electron chi connectivity index (χ0n) is 38.2. The Morgan fingerprint density at radius 1 is 0.333 bits per heavy atom. The molecule has 8 rings (SSSR count). The van der Waals surface area contributed by atoms with Crippen molar-refractivity contribution in [3.8, 4) is 34.5 Å². The number of benzene rings is 8. The summed E-state index contributed by atoms with van der Waals surface area (Å²) < 4.78 is 34.8. The van der Waals surface area contributed by atoms with Crippen molar-refractivity contribution in [2.45, 2.75) is 0 Å². The molecule has 0 atom stereocenters. The molecule has 0 aliphatic heterocycles. The van der Waals surface area contributed by atoms with E-state index < -0.39 is 36.8 Å². The molecule has 0 aliphatic rings. The number of para-hydroxylation sites is 4. The fourth-order valence-electron chi connectivity index (χ4n) is 6.17. The van der Waals surface area contributed by atoms with Gasteiger partial charge in [0, 0.05) is 22.3 Å². The molecule has 0 heterocycles. The number of aliphatic hydroxyl groups excluding tert-OH is 1. The molecule has 1 N–H and O–H groups in total. The maximum absolute atomic E-state index is 12.4. The van der Waals surface area contributed by atoms with Crippen LogP contribution in [-0.4, -0.2) is 60.6 Å². The summed E-state index contributed by atoms with van der Waals surface area (Å²) in [5.74, 6) is -0.201. The van der Waals surface area contributed by atoms with E-state index in [1.165, 1.54) is 55.6 Å². The Balaban J connectivity index is 0.000000187. The highest BCUT2D eigenvalue weighted by atomic mass is 16.7. The molecule has 8 aromatic rings. The van der Waals surface area contributed by atoms with Gasteiger partial charge in [0.25, 0.3) is 0 Å². The minimum absolute atomic E-state index is 0.0400. The topological polar surface area (TPSA) is 204 Å². The van der Waals surface area contributed by atoms with Gasteiger partial charge in [-0.15, -0.1) is 0 Å². The van der Waals surface area contributed by atoms with Crippen LogP contribution in [0, 0.1) is 0 Å². The molecule has 0 spiro atoms. The highest BCUT2D eigenvalue weighted by Gasteiger charge is 2.20. The lowest BCUT2D eigenvalue weighted by molar-refractivity contribution is 0.0596. The van der Waals surface area contributed by atoms with Crippen LogP contribution in [0.3, 0.4) is 0 Å². The van der Waals surface area contributed by atoms with Gasteiger partial charge in [0.2, 0.25) is 0 Å². The smallest absolute Gasteiger partial charge is 0.465 e. The third-order valence-corrected chi connectivity index (χ3v) is 9.61. The van der Waals surface area contributed by atoms with Gasteiger partial charge in [-0.2, -0.15) is 0 Å². The van der Waals surface area contributed by atoms with Crippen LogP contribution in [0.25, 0.3) is 0 Å². The first-order valence-electron chi connectivity index (χ1n) is 21.6. The molecule has 0 fully saturated rings. The van der Waals surface area contributed by atoms with E-state index in [2.05, 4.69) is 4.74 Å². The van der Waals surface area contributed by atoms with Gasteiger partial charge in [-0.1, -0.05) is 121 Å². The number of ketones is 3. The number of methoxy groups -OCH3 is 1. The molecule has 0 saturated carbocycles. The number of carbonyl (C=O) groups is 7. The fourth-order valence-corrected chi connectivity index (χ4v) is 6.17. The highest BCUT2D eigenvalue weighted by Crippen LogP contribution is 2.24. The highest BCUT2D eigenvalue weighted by molar-refractivity contribution is 6.09. The van der Waals surface area contributed by atoms with Crippen molar-refractivity contribution in [1.29, 1.82) is 0 Å². The van der Waals surface area contributed by atoms with Gasteiger partial charge >= 0.3 is 24.4 Å². The Morgan fingerprint density at radius 3 is 1.00 bits per heavy atom. The Hall–Kier alpha value is -9.99. The van der Waals surface area contributed by atoms with Crippen LogP contribution < -0.4 is 28.4 Å². The van der Waals surface area contributed by atoms with Crippen LogP contribution in [0.15, 0.2) is 218 Å². The van der Waals surface area contributed by atoms with Crippen LogP contribution >= 0.6 is 0 Å². The molecule has 15 nitrogen and oxygen atoms in total. The van der Waals surface area contributed by atoms with Crippen molar-refractivity contribution < 1.29 is 71.8 Å². The summed E-state index contributed by atoms with van der Waals surface area (Å²) in [7, 11) is 1.20. The number of hydrogen-bond donors (Lipinski definition) is 1. The lowest BCUT2D eigenvalue weighted by Crippen LogP contribution is -2.18. The Kier molecular flexibility index (Phi) is 18.9. The first-order valence-corrected chi connectivity index (χ1v) is 21.6. The van der Waals surface area contributed by atoms with E-state index in [1.807, 2.05) is 24.3 Å². The molecule has 15 heteroatoms. The quantitative estimate of drug-likeness (QED) is 0.0648. The Morgan fingerprint density at radius 2 is 0.625 bits per heavy atom. The largest absolute Gasteiger partial charge is 0.519 e. The van der Waals surface area contributed by atoms with Gasteiger partial charge in [-0.25, -0.2) is 19.2 Å². The van der Waals surface area contributed by atoms with Gasteiger partial charge in [0.15, 0.2) is 17.3 Å². The first kappa shape index (κ1) is 51.4. The zero-order valence-corrected chi connectivity index (χ0v) is 38.2. The molecule has 360 valence electrons. The van der Waals surface area contributed by atoms with Gasteiger partial charge < -0.3 is 38.3 Å². The van der Waals surface area contributed by atoms with Crippen LogP contribution in [0.5, 0.6) is 34.5 Å². The average molecular weight is 967 g/mol. The SMILES string of the molecule is COC(=O)c1ccccc1OC(=O)Oc1ccccc1C(=O)CO.O=C(Oc1ccc(C(=O)c2ccccc2)cc1)Oc1ccc(C(=O)c2ccccc2)cc1.O=C(Oc1ccccc1)Oc1ccccc1. The van der Waals surface area contributed by atoms with Crippen LogP contribution in [0.4, 0.5) is 14.4 Å². The van der Waals surface area contributed by atoms with Crippen molar-refractivity contribution in [2.24, 2.45) is 0 Å². The second kappa shape index (κ2) is 26.5. The molecular formula is C57H42O15. The van der Waals surface area contributed by atoms with Crippen molar-refractivity contribution in [2.75, 3.05) is 13.7 Å². The summed E-state index contributed by atoms with van der Waals surface area (Å²) in [5, 5.41) is 8.93. The van der Waals surface area contributed by atoms with E-state index in [0.29, 0.717) is 33.8 Å². The lowest BCUT2D eigenvalue weighted by Gasteiger charge is -2.10. The summed E-state index contributed by atoms with van der Waals surface area (Å²) in [4.78, 5) is 83.5. The van der Waals surface area contributed by atoms with E-state index >= 15 is 0 Å². The monoisotopic (exact) mass is 966 g/mol. The summed E-state index contributed by atoms with van der Waals surface area (Å²) in [5.41, 5.74) is 2.21. The molecule has 0 bridgehead atoms. The van der Waals surface area contributed by atoms with Gasteiger partial charge in [-0.3, -0.25) is 14.4 Å². The number of ether oxygens (including phenoxy) is 7. The maximum atomic E-state index is 12.4. The minimum Gasteiger partial charge on any atom is -0.465 e. The summed E-state index contributed by atoms with van der Waals surface area (Å²) in [6.07, 6.45) is -2.80. The summed E-state index contributed by atoms with van der Waals surface area (Å²) in [6.45, 7) is -0.722. The van der Waals surface area contributed by atoms with Crippen molar-refractivity contribution in [3.05, 3.63) is 252 Å². The maximum Gasteiger partial charge on any atom is 0.519 e. The van der Waals surface area contributed by atoms with E-state index in [9.17, 15) is 33.6 Å². The second-order valence-corrected chi connectivity index (χ2v) is 14.5. The number of rotatable bonds is 13. The number of carbonyl (C=O) groups excluding carboxylic acids is 7. The van der Waals surface area contributed by atoms with E-state index in [0.717, 1.165) is 0 Å². The van der Waals surface area contributed by atoms with E-state index in [1.54, 1.807) is 146 Å². The van der Waals surface area contributed by atoms with Crippen molar-refractivity contribution >= 4 is 41.8 Å². The third-order valence-electron chi connectivity index (χ3n) is 9.61. The second-order valence-electron chi connectivity index (χ2n) is 14.5. The summed E-state index contributed by atoms with van der Waals surface area (Å²) in [6, 6.07) is 59.7. The van der Waals surface area contributed by atoms with Crippen LogP contribution in [0.1, 0.15) is 52.6 Å². The standard InChI is InChI=1S/C27H18O5.C17H14O7.C13H10O3/c28-25(19-7-3-1-4-8-19)21-11-15-23(16-12-21)31-27(30)32-24-17-13-22(14-18-24)26(29)20-9-5-2-6-10-20;1-22-16(20)12-7-3-5-9-15(12)24-17(21)23-14-8-4-2-6-11(14)13(19)10-18;14-13(15-11-7-3-1-4-8-11)16-12-9-5-2-6-10-12/h1-18H;2-9,18H,10H2,1H3;1-10H.